The van der Waals surface area contributed by atoms with Crippen LogP contribution < -0.4 is 0 Å². The zero-order valence-corrected chi connectivity index (χ0v) is 7.72. The molecule has 4 heteroatoms. The van der Waals surface area contributed by atoms with Gasteiger partial charge in [-0.05, 0) is 6.07 Å². The van der Waals surface area contributed by atoms with Crippen LogP contribution in [-0.2, 0) is 6.54 Å². The van der Waals surface area contributed by atoms with Crippen LogP contribution in [0.5, 0.6) is 0 Å². The summed E-state index contributed by atoms with van der Waals surface area (Å²) in [7, 11) is 0. The van der Waals surface area contributed by atoms with Crippen molar-refractivity contribution in [1.29, 1.82) is 0 Å². The summed E-state index contributed by atoms with van der Waals surface area (Å²) in [6.07, 6.45) is 4.26. The normalized spacial score (nSPS) is 11.7. The van der Waals surface area contributed by atoms with Crippen molar-refractivity contribution in [2.75, 3.05) is 0 Å². The van der Waals surface area contributed by atoms with E-state index in [0.29, 0.717) is 17.1 Å². The molecule has 0 saturated carbocycles. The van der Waals surface area contributed by atoms with Gasteiger partial charge < -0.3 is 4.57 Å². The average molecular weight is 204 g/mol. The molecule has 1 aromatic heterocycles. The van der Waals surface area contributed by atoms with Gasteiger partial charge in [0.2, 0.25) is 0 Å². The number of halogens is 2. The van der Waals surface area contributed by atoms with Crippen LogP contribution in [-0.4, -0.2) is 10.9 Å². The summed E-state index contributed by atoms with van der Waals surface area (Å²) < 4.78 is 1.78. The molecule has 1 rings (SSSR count). The highest BCUT2D eigenvalue weighted by Crippen LogP contribution is 2.08. The lowest BCUT2D eigenvalue weighted by Gasteiger charge is -1.98. The van der Waals surface area contributed by atoms with Crippen LogP contribution in [0.4, 0.5) is 0 Å². The number of nitrogens with zero attached hydrogens (tertiary/aromatic N) is 1. The van der Waals surface area contributed by atoms with Gasteiger partial charge in [-0.1, -0.05) is 23.2 Å². The molecule has 0 aliphatic carbocycles. The second-order valence-corrected chi connectivity index (χ2v) is 2.99. The third-order valence-corrected chi connectivity index (χ3v) is 1.97. The summed E-state index contributed by atoms with van der Waals surface area (Å²) >= 11 is 11.0. The SMILES string of the molecule is O=Cc1ccn(CC(Cl)=CCl)c1. The van der Waals surface area contributed by atoms with Gasteiger partial charge in [-0.2, -0.15) is 0 Å². The van der Waals surface area contributed by atoms with Gasteiger partial charge in [0.25, 0.3) is 0 Å². The van der Waals surface area contributed by atoms with Crippen LogP contribution in [0.25, 0.3) is 0 Å². The van der Waals surface area contributed by atoms with Gasteiger partial charge in [-0.3, -0.25) is 4.79 Å². The van der Waals surface area contributed by atoms with Crippen molar-refractivity contribution in [2.24, 2.45) is 0 Å². The van der Waals surface area contributed by atoms with Gasteiger partial charge in [-0.25, -0.2) is 0 Å². The third kappa shape index (κ3) is 2.40. The molecule has 0 radical (unpaired) electrons. The Morgan fingerprint density at radius 3 is 2.92 bits per heavy atom. The van der Waals surface area contributed by atoms with Crippen molar-refractivity contribution in [1.82, 2.24) is 4.57 Å². The average Bonchev–Trinajstić information content (AvgIpc) is 2.52. The van der Waals surface area contributed by atoms with Crippen LogP contribution in [0.2, 0.25) is 0 Å². The lowest BCUT2D eigenvalue weighted by molar-refractivity contribution is 0.112. The Bertz CT molecular complexity index is 304. The molecule has 12 heavy (non-hydrogen) atoms. The quantitative estimate of drug-likeness (QED) is 0.693. The van der Waals surface area contributed by atoms with Crippen molar-refractivity contribution in [3.8, 4) is 0 Å². The Kier molecular flexibility index (Phi) is 3.38. The van der Waals surface area contributed by atoms with Crippen molar-refractivity contribution in [2.45, 2.75) is 6.54 Å². The molecule has 0 amide bonds. The van der Waals surface area contributed by atoms with Crippen LogP contribution >= 0.6 is 23.2 Å². The van der Waals surface area contributed by atoms with E-state index in [0.717, 1.165) is 6.29 Å². The lowest BCUT2D eigenvalue weighted by atomic mass is 10.4. The Labute approximate surface area is 80.4 Å². The molecule has 0 aromatic carbocycles. The number of hydrogen-bond acceptors (Lipinski definition) is 1. The predicted molar refractivity (Wildman–Crippen MR) is 49.6 cm³/mol. The highest BCUT2D eigenvalue weighted by Gasteiger charge is 1.96. The van der Waals surface area contributed by atoms with E-state index in [1.165, 1.54) is 5.54 Å². The second-order valence-electron chi connectivity index (χ2n) is 2.29. The molecule has 0 unspecified atom stereocenters. The fourth-order valence-corrected chi connectivity index (χ4v) is 1.04. The maximum atomic E-state index is 10.3. The summed E-state index contributed by atoms with van der Waals surface area (Å²) in [5.74, 6) is 0. The van der Waals surface area contributed by atoms with E-state index in [1.54, 1.807) is 23.0 Å². The first kappa shape index (κ1) is 9.36. The number of hydrogen-bond donors (Lipinski definition) is 0. The zero-order valence-electron chi connectivity index (χ0n) is 6.21. The third-order valence-electron chi connectivity index (χ3n) is 1.36. The number of rotatable bonds is 3. The van der Waals surface area contributed by atoms with Crippen LogP contribution in [0.1, 0.15) is 10.4 Å². The largest absolute Gasteiger partial charge is 0.348 e. The monoisotopic (exact) mass is 203 g/mol. The van der Waals surface area contributed by atoms with Gasteiger partial charge in [0.15, 0.2) is 6.29 Å². The maximum Gasteiger partial charge on any atom is 0.151 e. The summed E-state index contributed by atoms with van der Waals surface area (Å²) in [6.45, 7) is 0.499. The summed E-state index contributed by atoms with van der Waals surface area (Å²) in [5.41, 5.74) is 1.94. The van der Waals surface area contributed by atoms with E-state index in [4.69, 9.17) is 23.2 Å². The Hall–Kier alpha value is -0.730. The topological polar surface area (TPSA) is 22.0 Å². The summed E-state index contributed by atoms with van der Waals surface area (Å²) in [5, 5.41) is 0.532. The molecule has 64 valence electrons. The highest BCUT2D eigenvalue weighted by atomic mass is 35.5. The lowest BCUT2D eigenvalue weighted by Crippen LogP contribution is -1.93. The molecule has 0 aliphatic rings. The molecule has 0 spiro atoms. The van der Waals surface area contributed by atoms with Gasteiger partial charge in [-0.15, -0.1) is 0 Å². The minimum absolute atomic E-state index is 0.499. The molecule has 0 bridgehead atoms. The molecule has 1 aromatic rings. The molecule has 0 aliphatic heterocycles. The number of aromatic nitrogens is 1. The molecular weight excluding hydrogens is 197 g/mol. The van der Waals surface area contributed by atoms with Crippen molar-refractivity contribution in [3.05, 3.63) is 34.6 Å². The number of carbonyl (C=O) groups is 1. The van der Waals surface area contributed by atoms with Crippen molar-refractivity contribution in [3.63, 3.8) is 0 Å². The number of allylic oxidation sites excluding steroid dienone is 1. The molecule has 1 heterocycles. The van der Waals surface area contributed by atoms with Crippen LogP contribution in [0.3, 0.4) is 0 Å². The van der Waals surface area contributed by atoms with Gasteiger partial charge in [0.1, 0.15) is 0 Å². The predicted octanol–water partition coefficient (Wildman–Crippen LogP) is 2.62. The molecular formula is C8H7Cl2NO. The van der Waals surface area contributed by atoms with E-state index in [-0.39, 0.29) is 0 Å². The molecule has 0 atom stereocenters. The number of aldehydes is 1. The standard InChI is InChI=1S/C8H7Cl2NO/c9-3-8(10)5-11-2-1-7(4-11)6-12/h1-4,6H,5H2. The zero-order chi connectivity index (χ0) is 8.97. The first-order valence-corrected chi connectivity index (χ1v) is 4.13. The molecule has 0 saturated heterocycles. The van der Waals surface area contributed by atoms with Gasteiger partial charge in [0.05, 0.1) is 6.54 Å². The fourth-order valence-electron chi connectivity index (χ4n) is 0.836. The Morgan fingerprint density at radius 2 is 2.42 bits per heavy atom. The molecule has 0 N–H and O–H groups in total. The van der Waals surface area contributed by atoms with Crippen LogP contribution in [0, 0.1) is 0 Å². The fraction of sp³-hybridized carbons (Fsp3) is 0.125. The van der Waals surface area contributed by atoms with Crippen LogP contribution in [0.15, 0.2) is 29.0 Å². The Morgan fingerprint density at radius 1 is 1.67 bits per heavy atom. The van der Waals surface area contributed by atoms with E-state index < -0.39 is 0 Å². The van der Waals surface area contributed by atoms with Gasteiger partial charge >= 0.3 is 0 Å². The minimum Gasteiger partial charge on any atom is -0.348 e. The van der Waals surface area contributed by atoms with E-state index in [1.807, 2.05) is 0 Å². The smallest absolute Gasteiger partial charge is 0.151 e. The molecule has 0 fully saturated rings. The van der Waals surface area contributed by atoms with Crippen molar-refractivity contribution < 1.29 is 4.79 Å². The first-order chi connectivity index (χ1) is 5.76. The maximum absolute atomic E-state index is 10.3. The van der Waals surface area contributed by atoms with E-state index in [2.05, 4.69) is 0 Å². The van der Waals surface area contributed by atoms with E-state index in [9.17, 15) is 4.79 Å². The van der Waals surface area contributed by atoms with E-state index >= 15 is 0 Å². The summed E-state index contributed by atoms with van der Waals surface area (Å²) in [6, 6.07) is 1.71. The minimum atomic E-state index is 0.499. The Balaban J connectivity index is 2.70. The number of carbonyl (C=O) groups excluding carboxylic acids is 1. The molecule has 2 nitrogen and oxygen atoms in total. The second kappa shape index (κ2) is 4.33. The first-order valence-electron chi connectivity index (χ1n) is 3.32. The summed E-state index contributed by atoms with van der Waals surface area (Å²) in [4.78, 5) is 10.3. The van der Waals surface area contributed by atoms with Gasteiger partial charge in [0, 0.05) is 28.5 Å². The highest BCUT2D eigenvalue weighted by molar-refractivity contribution is 6.36. The van der Waals surface area contributed by atoms with Crippen molar-refractivity contribution >= 4 is 29.5 Å².